The van der Waals surface area contributed by atoms with Gasteiger partial charge in [-0.1, -0.05) is 26.0 Å². The number of hydrogen-bond acceptors (Lipinski definition) is 2. The molecule has 1 fully saturated rings. The van der Waals surface area contributed by atoms with Crippen molar-refractivity contribution in [3.8, 4) is 5.75 Å². The molecule has 22 heavy (non-hydrogen) atoms. The molecular weight excluding hydrogens is 276 g/mol. The van der Waals surface area contributed by atoms with Crippen molar-refractivity contribution in [2.75, 3.05) is 0 Å². The van der Waals surface area contributed by atoms with Crippen molar-refractivity contribution in [3.63, 3.8) is 0 Å². The van der Waals surface area contributed by atoms with E-state index in [4.69, 9.17) is 4.74 Å². The highest BCUT2D eigenvalue weighted by Gasteiger charge is 2.33. The molecule has 1 aromatic carbocycles. The van der Waals surface area contributed by atoms with E-state index in [9.17, 15) is 9.90 Å². The van der Waals surface area contributed by atoms with E-state index in [0.717, 1.165) is 18.6 Å². The Hall–Kier alpha value is -1.51. The van der Waals surface area contributed by atoms with Crippen molar-refractivity contribution in [3.05, 3.63) is 29.8 Å². The number of hydrogen-bond donors (Lipinski definition) is 1. The second-order valence-corrected chi connectivity index (χ2v) is 6.92. The van der Waals surface area contributed by atoms with Gasteiger partial charge in [0.1, 0.15) is 5.75 Å². The van der Waals surface area contributed by atoms with Crippen LogP contribution in [0.3, 0.4) is 0 Å². The Morgan fingerprint density at radius 2 is 1.91 bits per heavy atom. The molecule has 0 radical (unpaired) electrons. The molecule has 0 amide bonds. The van der Waals surface area contributed by atoms with E-state index in [2.05, 4.69) is 19.1 Å². The van der Waals surface area contributed by atoms with Crippen LogP contribution < -0.4 is 4.74 Å². The molecule has 2 rings (SSSR count). The minimum Gasteiger partial charge on any atom is -0.490 e. The molecule has 0 spiro atoms. The van der Waals surface area contributed by atoms with E-state index in [1.54, 1.807) is 0 Å². The lowest BCUT2D eigenvalue weighted by Gasteiger charge is -2.27. The summed E-state index contributed by atoms with van der Waals surface area (Å²) in [6, 6.07) is 8.20. The van der Waals surface area contributed by atoms with Crippen LogP contribution in [0.15, 0.2) is 24.3 Å². The zero-order chi connectivity index (χ0) is 16.2. The third-order valence-corrected chi connectivity index (χ3v) is 5.11. The molecule has 0 aromatic heterocycles. The molecule has 2 unspecified atom stereocenters. The maximum Gasteiger partial charge on any atom is 0.309 e. The highest BCUT2D eigenvalue weighted by molar-refractivity contribution is 5.74. The number of carboxylic acids is 1. The Kier molecular flexibility index (Phi) is 5.49. The smallest absolute Gasteiger partial charge is 0.309 e. The van der Waals surface area contributed by atoms with Crippen molar-refractivity contribution in [2.45, 2.75) is 71.3 Å². The van der Waals surface area contributed by atoms with Gasteiger partial charge in [-0.05, 0) is 69.1 Å². The molecule has 0 aliphatic heterocycles. The van der Waals surface area contributed by atoms with Crippen molar-refractivity contribution < 1.29 is 14.6 Å². The minimum atomic E-state index is -0.706. The first-order valence-electron chi connectivity index (χ1n) is 8.44. The van der Waals surface area contributed by atoms with Crippen LogP contribution in [0.4, 0.5) is 0 Å². The number of carbonyl (C=O) groups is 1. The summed E-state index contributed by atoms with van der Waals surface area (Å²) in [6.07, 6.45) is 6.53. The predicted octanol–water partition coefficient (Wildman–Crippen LogP) is 5.00. The molecular formula is C19H28O3. The molecule has 0 saturated heterocycles. The molecule has 122 valence electrons. The first kappa shape index (κ1) is 16.9. The van der Waals surface area contributed by atoms with Crippen LogP contribution >= 0.6 is 0 Å². The summed E-state index contributed by atoms with van der Waals surface area (Å²) < 4.78 is 5.98. The van der Waals surface area contributed by atoms with Crippen LogP contribution in [-0.4, -0.2) is 17.2 Å². The maximum absolute atomic E-state index is 11.4. The minimum absolute atomic E-state index is 0.224. The van der Waals surface area contributed by atoms with Crippen LogP contribution in [0.2, 0.25) is 0 Å². The molecule has 0 bridgehead atoms. The van der Waals surface area contributed by atoms with E-state index in [1.807, 2.05) is 26.0 Å². The highest BCUT2D eigenvalue weighted by atomic mass is 16.5. The molecule has 0 heterocycles. The van der Waals surface area contributed by atoms with Crippen LogP contribution in [0.5, 0.6) is 5.75 Å². The fourth-order valence-corrected chi connectivity index (χ4v) is 3.25. The maximum atomic E-state index is 11.4. The van der Waals surface area contributed by atoms with E-state index < -0.39 is 11.4 Å². The summed E-state index contributed by atoms with van der Waals surface area (Å²) in [5, 5.41) is 9.41. The molecule has 1 aliphatic rings. The van der Waals surface area contributed by atoms with Gasteiger partial charge >= 0.3 is 5.97 Å². The molecule has 1 saturated carbocycles. The highest BCUT2D eigenvalue weighted by Crippen LogP contribution is 2.35. The fourth-order valence-electron chi connectivity index (χ4n) is 3.25. The molecule has 2 atom stereocenters. The van der Waals surface area contributed by atoms with Crippen LogP contribution in [0.1, 0.15) is 70.8 Å². The fraction of sp³-hybridized carbons (Fsp3) is 0.632. The van der Waals surface area contributed by atoms with Gasteiger partial charge < -0.3 is 9.84 Å². The predicted molar refractivity (Wildman–Crippen MR) is 88.4 cm³/mol. The largest absolute Gasteiger partial charge is 0.490 e. The van der Waals surface area contributed by atoms with E-state index in [0.29, 0.717) is 18.9 Å². The van der Waals surface area contributed by atoms with Crippen LogP contribution in [0.25, 0.3) is 0 Å². The molecule has 3 heteroatoms. The zero-order valence-corrected chi connectivity index (χ0v) is 14.0. The van der Waals surface area contributed by atoms with Gasteiger partial charge in [-0.2, -0.15) is 0 Å². The summed E-state index contributed by atoms with van der Waals surface area (Å²) in [7, 11) is 0. The third-order valence-electron chi connectivity index (χ3n) is 5.11. The van der Waals surface area contributed by atoms with Crippen LogP contribution in [0, 0.1) is 5.41 Å². The second kappa shape index (κ2) is 7.17. The van der Waals surface area contributed by atoms with E-state index in [-0.39, 0.29) is 5.92 Å². The van der Waals surface area contributed by atoms with Gasteiger partial charge in [0.2, 0.25) is 0 Å². The number of rotatable bonds is 7. The van der Waals surface area contributed by atoms with Crippen molar-refractivity contribution in [1.29, 1.82) is 0 Å². The van der Waals surface area contributed by atoms with Gasteiger partial charge in [0.05, 0.1) is 11.5 Å². The lowest BCUT2D eigenvalue weighted by Crippen LogP contribution is -2.28. The number of ether oxygens (including phenoxy) is 1. The lowest BCUT2D eigenvalue weighted by atomic mass is 9.77. The number of aliphatic carboxylic acids is 1. The Balaban J connectivity index is 1.98. The average Bonchev–Trinajstić information content (AvgIpc) is 3.00. The summed E-state index contributed by atoms with van der Waals surface area (Å²) >= 11 is 0. The zero-order valence-electron chi connectivity index (χ0n) is 14.0. The topological polar surface area (TPSA) is 46.5 Å². The summed E-state index contributed by atoms with van der Waals surface area (Å²) in [4.78, 5) is 11.4. The van der Waals surface area contributed by atoms with E-state index in [1.165, 1.54) is 18.4 Å². The SMILES string of the molecule is CCC(C)(CC(C)c1ccc(OC2CCCC2)cc1)C(=O)O. The number of benzene rings is 1. The van der Waals surface area contributed by atoms with Crippen molar-refractivity contribution >= 4 is 5.97 Å². The molecule has 1 N–H and O–H groups in total. The molecule has 1 aliphatic carbocycles. The van der Waals surface area contributed by atoms with Gasteiger partial charge in [-0.25, -0.2) is 0 Å². The average molecular weight is 304 g/mol. The van der Waals surface area contributed by atoms with Gasteiger partial charge in [0.25, 0.3) is 0 Å². The quantitative estimate of drug-likeness (QED) is 0.771. The normalized spacial score (nSPS) is 19.6. The number of carboxylic acid groups (broad SMARTS) is 1. The Morgan fingerprint density at radius 3 is 2.41 bits per heavy atom. The Labute approximate surface area is 133 Å². The summed E-state index contributed by atoms with van der Waals surface area (Å²) in [6.45, 7) is 5.88. The van der Waals surface area contributed by atoms with Gasteiger partial charge in [0, 0.05) is 0 Å². The monoisotopic (exact) mass is 304 g/mol. The molecule has 1 aromatic rings. The van der Waals surface area contributed by atoms with Crippen molar-refractivity contribution in [2.24, 2.45) is 5.41 Å². The second-order valence-electron chi connectivity index (χ2n) is 6.92. The van der Waals surface area contributed by atoms with Gasteiger partial charge in [-0.3, -0.25) is 4.79 Å². The lowest BCUT2D eigenvalue weighted by molar-refractivity contribution is -0.148. The first-order chi connectivity index (χ1) is 10.4. The summed E-state index contributed by atoms with van der Waals surface area (Å²) in [5.74, 6) is 0.448. The van der Waals surface area contributed by atoms with E-state index >= 15 is 0 Å². The third kappa shape index (κ3) is 4.02. The Morgan fingerprint density at radius 1 is 1.32 bits per heavy atom. The summed E-state index contributed by atoms with van der Waals surface area (Å²) in [5.41, 5.74) is 0.526. The van der Waals surface area contributed by atoms with Gasteiger partial charge in [0.15, 0.2) is 0 Å². The Bertz CT molecular complexity index is 488. The standard InChI is InChI=1S/C19H28O3/c1-4-19(3,18(20)21)13-14(2)15-9-11-17(12-10-15)22-16-7-5-6-8-16/h9-12,14,16H,4-8,13H2,1-3H3,(H,20,21). The van der Waals surface area contributed by atoms with Crippen LogP contribution in [-0.2, 0) is 4.79 Å². The van der Waals surface area contributed by atoms with Crippen molar-refractivity contribution in [1.82, 2.24) is 0 Å². The van der Waals surface area contributed by atoms with Gasteiger partial charge in [-0.15, -0.1) is 0 Å². The molecule has 3 nitrogen and oxygen atoms in total. The first-order valence-corrected chi connectivity index (χ1v) is 8.44.